The third-order valence-electron chi connectivity index (χ3n) is 2.51. The molecule has 12 heavy (non-hydrogen) atoms. The van der Waals surface area contributed by atoms with Gasteiger partial charge in [-0.15, -0.1) is 0 Å². The summed E-state index contributed by atoms with van der Waals surface area (Å²) in [5, 5.41) is 0. The number of fused-ring (bicyclic) bond motifs is 1. The molecule has 64 valence electrons. The SMILES string of the molecule is NCc1cccc2c1CCC2F. The second-order valence-corrected chi connectivity index (χ2v) is 3.20. The fraction of sp³-hybridized carbons (Fsp3) is 0.400. The molecule has 2 rings (SSSR count). The van der Waals surface area contributed by atoms with E-state index in [2.05, 4.69) is 0 Å². The largest absolute Gasteiger partial charge is 0.326 e. The van der Waals surface area contributed by atoms with Gasteiger partial charge in [-0.1, -0.05) is 18.2 Å². The van der Waals surface area contributed by atoms with Gasteiger partial charge in [0.1, 0.15) is 6.17 Å². The average molecular weight is 165 g/mol. The molecule has 0 bridgehead atoms. The zero-order valence-electron chi connectivity index (χ0n) is 6.89. The molecular weight excluding hydrogens is 153 g/mol. The van der Waals surface area contributed by atoms with E-state index < -0.39 is 6.17 Å². The fourth-order valence-electron chi connectivity index (χ4n) is 1.87. The highest BCUT2D eigenvalue weighted by atomic mass is 19.1. The highest BCUT2D eigenvalue weighted by Crippen LogP contribution is 2.35. The monoisotopic (exact) mass is 165 g/mol. The molecule has 0 heterocycles. The summed E-state index contributed by atoms with van der Waals surface area (Å²) in [6.45, 7) is 0.524. The molecular formula is C10H12FN. The highest BCUT2D eigenvalue weighted by Gasteiger charge is 2.22. The maximum Gasteiger partial charge on any atom is 0.126 e. The van der Waals surface area contributed by atoms with Crippen LogP contribution in [0.15, 0.2) is 18.2 Å². The molecule has 1 aliphatic carbocycles. The number of nitrogens with two attached hydrogens (primary N) is 1. The molecule has 1 nitrogen and oxygen atoms in total. The smallest absolute Gasteiger partial charge is 0.126 e. The molecule has 1 aromatic rings. The molecule has 1 unspecified atom stereocenters. The molecule has 0 aromatic heterocycles. The van der Waals surface area contributed by atoms with Crippen molar-refractivity contribution in [3.63, 3.8) is 0 Å². The Hall–Kier alpha value is -0.890. The van der Waals surface area contributed by atoms with Gasteiger partial charge in [-0.3, -0.25) is 0 Å². The Balaban J connectivity index is 2.50. The first-order valence-corrected chi connectivity index (χ1v) is 4.27. The minimum atomic E-state index is -0.758. The van der Waals surface area contributed by atoms with E-state index in [-0.39, 0.29) is 0 Å². The molecule has 2 N–H and O–H groups in total. The molecule has 1 aliphatic rings. The molecule has 1 atom stereocenters. The van der Waals surface area contributed by atoms with Crippen molar-refractivity contribution in [3.8, 4) is 0 Å². The van der Waals surface area contributed by atoms with Crippen molar-refractivity contribution in [1.29, 1.82) is 0 Å². The van der Waals surface area contributed by atoms with E-state index in [0.717, 1.165) is 23.1 Å². The van der Waals surface area contributed by atoms with Gasteiger partial charge in [0.2, 0.25) is 0 Å². The highest BCUT2D eigenvalue weighted by molar-refractivity contribution is 5.39. The molecule has 1 aromatic carbocycles. The van der Waals surface area contributed by atoms with E-state index >= 15 is 0 Å². The standard InChI is InChI=1S/C10H12FN/c11-10-5-4-8-7(6-12)2-1-3-9(8)10/h1-3,10H,4-6,12H2. The van der Waals surface area contributed by atoms with Crippen LogP contribution >= 0.6 is 0 Å². The van der Waals surface area contributed by atoms with Crippen molar-refractivity contribution in [3.05, 3.63) is 34.9 Å². The lowest BCUT2D eigenvalue weighted by atomic mass is 10.0. The summed E-state index contributed by atoms with van der Waals surface area (Å²) in [5.41, 5.74) is 8.66. The Kier molecular flexibility index (Phi) is 1.85. The van der Waals surface area contributed by atoms with Gasteiger partial charge in [0, 0.05) is 6.54 Å². The van der Waals surface area contributed by atoms with Crippen LogP contribution in [0.3, 0.4) is 0 Å². The minimum absolute atomic E-state index is 0.524. The van der Waals surface area contributed by atoms with Crippen LogP contribution in [0.2, 0.25) is 0 Å². The predicted octanol–water partition coefficient (Wildman–Crippen LogP) is 2.10. The van der Waals surface area contributed by atoms with Gasteiger partial charge in [0.05, 0.1) is 0 Å². The van der Waals surface area contributed by atoms with Crippen LogP contribution in [0.5, 0.6) is 0 Å². The molecule has 0 spiro atoms. The van der Waals surface area contributed by atoms with E-state index in [1.54, 1.807) is 0 Å². The van der Waals surface area contributed by atoms with Gasteiger partial charge in [-0.25, -0.2) is 4.39 Å². The Morgan fingerprint density at radius 2 is 2.33 bits per heavy atom. The number of hydrogen-bond acceptors (Lipinski definition) is 1. The fourth-order valence-corrected chi connectivity index (χ4v) is 1.87. The summed E-state index contributed by atoms with van der Waals surface area (Å²) in [6, 6.07) is 5.74. The van der Waals surface area contributed by atoms with Crippen LogP contribution in [0, 0.1) is 0 Å². The Morgan fingerprint density at radius 3 is 3.08 bits per heavy atom. The summed E-state index contributed by atoms with van der Waals surface area (Å²) >= 11 is 0. The van der Waals surface area contributed by atoms with Gasteiger partial charge < -0.3 is 5.73 Å². The topological polar surface area (TPSA) is 26.0 Å². The lowest BCUT2D eigenvalue weighted by molar-refractivity contribution is 0.344. The van der Waals surface area contributed by atoms with Crippen molar-refractivity contribution in [1.82, 2.24) is 0 Å². The summed E-state index contributed by atoms with van der Waals surface area (Å²) in [4.78, 5) is 0. The Morgan fingerprint density at radius 1 is 1.50 bits per heavy atom. The van der Waals surface area contributed by atoms with Crippen molar-refractivity contribution in [2.45, 2.75) is 25.6 Å². The van der Waals surface area contributed by atoms with Crippen molar-refractivity contribution in [2.75, 3.05) is 0 Å². The van der Waals surface area contributed by atoms with Crippen LogP contribution in [0.1, 0.15) is 29.3 Å². The minimum Gasteiger partial charge on any atom is -0.326 e. The number of hydrogen-bond donors (Lipinski definition) is 1. The Labute approximate surface area is 71.4 Å². The van der Waals surface area contributed by atoms with Gasteiger partial charge in [-0.2, -0.15) is 0 Å². The van der Waals surface area contributed by atoms with Crippen LogP contribution in [-0.4, -0.2) is 0 Å². The van der Waals surface area contributed by atoms with Crippen molar-refractivity contribution >= 4 is 0 Å². The number of halogens is 1. The van der Waals surface area contributed by atoms with Crippen LogP contribution in [-0.2, 0) is 13.0 Å². The quantitative estimate of drug-likeness (QED) is 0.677. The zero-order valence-corrected chi connectivity index (χ0v) is 6.89. The summed E-state index contributed by atoms with van der Waals surface area (Å²) in [5.74, 6) is 0. The summed E-state index contributed by atoms with van der Waals surface area (Å²) in [7, 11) is 0. The first-order valence-electron chi connectivity index (χ1n) is 4.27. The van der Waals surface area contributed by atoms with E-state index in [4.69, 9.17) is 5.73 Å². The molecule has 2 heteroatoms. The number of alkyl halides is 1. The predicted molar refractivity (Wildman–Crippen MR) is 46.5 cm³/mol. The van der Waals surface area contributed by atoms with Crippen LogP contribution in [0.4, 0.5) is 4.39 Å². The van der Waals surface area contributed by atoms with Gasteiger partial charge >= 0.3 is 0 Å². The van der Waals surface area contributed by atoms with Gasteiger partial charge in [-0.05, 0) is 29.5 Å². The van der Waals surface area contributed by atoms with Gasteiger partial charge in [0.25, 0.3) is 0 Å². The average Bonchev–Trinajstić information content (AvgIpc) is 2.48. The summed E-state index contributed by atoms with van der Waals surface area (Å²) < 4.78 is 13.2. The second-order valence-electron chi connectivity index (χ2n) is 3.20. The molecule has 0 saturated heterocycles. The Bertz CT molecular complexity index is 296. The molecule has 0 saturated carbocycles. The molecule has 0 amide bonds. The molecule has 0 radical (unpaired) electrons. The first-order chi connectivity index (χ1) is 5.83. The summed E-state index contributed by atoms with van der Waals surface area (Å²) in [6.07, 6.45) is 0.724. The van der Waals surface area contributed by atoms with Crippen LogP contribution < -0.4 is 5.73 Å². The van der Waals surface area contributed by atoms with E-state index in [1.165, 1.54) is 0 Å². The van der Waals surface area contributed by atoms with Crippen molar-refractivity contribution in [2.24, 2.45) is 5.73 Å². The molecule has 0 fully saturated rings. The third kappa shape index (κ3) is 1.03. The zero-order chi connectivity index (χ0) is 8.55. The first kappa shape index (κ1) is 7.74. The van der Waals surface area contributed by atoms with Gasteiger partial charge in [0.15, 0.2) is 0 Å². The number of rotatable bonds is 1. The lowest BCUT2D eigenvalue weighted by Gasteiger charge is -2.05. The van der Waals surface area contributed by atoms with E-state index in [0.29, 0.717) is 13.0 Å². The number of benzene rings is 1. The normalized spacial score (nSPS) is 21.0. The van der Waals surface area contributed by atoms with E-state index in [9.17, 15) is 4.39 Å². The van der Waals surface area contributed by atoms with Crippen LogP contribution in [0.25, 0.3) is 0 Å². The lowest BCUT2D eigenvalue weighted by Crippen LogP contribution is -2.00. The third-order valence-corrected chi connectivity index (χ3v) is 2.51. The van der Waals surface area contributed by atoms with E-state index in [1.807, 2.05) is 18.2 Å². The maximum absolute atomic E-state index is 13.2. The second kappa shape index (κ2) is 2.87. The maximum atomic E-state index is 13.2. The van der Waals surface area contributed by atoms with Crippen molar-refractivity contribution < 1.29 is 4.39 Å². The molecule has 0 aliphatic heterocycles.